The van der Waals surface area contributed by atoms with Gasteiger partial charge < -0.3 is 5.32 Å². The summed E-state index contributed by atoms with van der Waals surface area (Å²) in [6, 6.07) is 5.97. The van der Waals surface area contributed by atoms with Crippen LogP contribution in [0.4, 0.5) is 5.69 Å². The third kappa shape index (κ3) is 4.79. The summed E-state index contributed by atoms with van der Waals surface area (Å²) < 4.78 is 26.7. The van der Waals surface area contributed by atoms with Gasteiger partial charge in [-0.25, -0.2) is 13.1 Å². The Hall–Kier alpha value is -1.66. The van der Waals surface area contributed by atoms with Crippen molar-refractivity contribution in [2.45, 2.75) is 38.1 Å². The first kappa shape index (κ1) is 16.4. The van der Waals surface area contributed by atoms with E-state index < -0.39 is 15.6 Å². The second-order valence-electron chi connectivity index (χ2n) is 5.61. The molecule has 20 heavy (non-hydrogen) atoms. The van der Waals surface area contributed by atoms with E-state index in [0.717, 1.165) is 0 Å². The van der Waals surface area contributed by atoms with E-state index in [1.165, 1.54) is 24.3 Å². The Morgan fingerprint density at radius 1 is 1.15 bits per heavy atom. The smallest absolute Gasteiger partial charge is 0.250 e. The van der Waals surface area contributed by atoms with Crippen LogP contribution in [0.2, 0.25) is 0 Å². The quantitative estimate of drug-likeness (QED) is 0.837. The van der Waals surface area contributed by atoms with Gasteiger partial charge in [0.05, 0.1) is 4.90 Å². The predicted octanol–water partition coefficient (Wildman–Crippen LogP) is 2.28. The second-order valence-corrected chi connectivity index (χ2v) is 7.30. The number of hydrogen-bond donors (Lipinski definition) is 2. The molecule has 0 fully saturated rings. The van der Waals surface area contributed by atoms with Crippen LogP contribution in [0.15, 0.2) is 41.3 Å². The van der Waals surface area contributed by atoms with Crippen molar-refractivity contribution >= 4 is 21.6 Å². The standard InChI is InChI=1S/C14H20N2O3S/c1-10(2)13(17)15-11-6-8-12(9-7-11)20(18,19)16-14(3,4)5/h6-9,16H,1H2,2-5H3,(H,15,17). The zero-order valence-electron chi connectivity index (χ0n) is 12.1. The van der Waals surface area contributed by atoms with Gasteiger partial charge >= 0.3 is 0 Å². The van der Waals surface area contributed by atoms with Crippen molar-refractivity contribution < 1.29 is 13.2 Å². The second kappa shape index (κ2) is 5.76. The van der Waals surface area contributed by atoms with Crippen LogP contribution in [0.5, 0.6) is 0 Å². The number of amides is 1. The number of sulfonamides is 1. The van der Waals surface area contributed by atoms with Gasteiger partial charge in [0, 0.05) is 16.8 Å². The highest BCUT2D eigenvalue weighted by Crippen LogP contribution is 2.16. The maximum absolute atomic E-state index is 12.1. The number of carbonyl (C=O) groups excluding carboxylic acids is 1. The van der Waals surface area contributed by atoms with Gasteiger partial charge in [0.15, 0.2) is 0 Å². The van der Waals surface area contributed by atoms with E-state index in [9.17, 15) is 13.2 Å². The van der Waals surface area contributed by atoms with Crippen molar-refractivity contribution in [2.24, 2.45) is 0 Å². The monoisotopic (exact) mass is 296 g/mol. The molecule has 0 spiro atoms. The molecule has 0 heterocycles. The van der Waals surface area contributed by atoms with Gasteiger partial charge in [-0.2, -0.15) is 0 Å². The zero-order valence-corrected chi connectivity index (χ0v) is 13.0. The van der Waals surface area contributed by atoms with Crippen LogP contribution in [-0.2, 0) is 14.8 Å². The molecule has 0 aliphatic heterocycles. The molecule has 1 amide bonds. The molecular weight excluding hydrogens is 276 g/mol. The molecule has 5 nitrogen and oxygen atoms in total. The molecule has 1 aromatic carbocycles. The van der Waals surface area contributed by atoms with Crippen molar-refractivity contribution in [3.8, 4) is 0 Å². The van der Waals surface area contributed by atoms with Crippen LogP contribution in [0, 0.1) is 0 Å². The molecule has 0 bridgehead atoms. The summed E-state index contributed by atoms with van der Waals surface area (Å²) in [7, 11) is -3.56. The molecule has 2 N–H and O–H groups in total. The van der Waals surface area contributed by atoms with E-state index in [1.54, 1.807) is 27.7 Å². The molecule has 1 aromatic rings. The van der Waals surface area contributed by atoms with E-state index in [1.807, 2.05) is 0 Å². The summed E-state index contributed by atoms with van der Waals surface area (Å²) in [5.74, 6) is -0.298. The minimum absolute atomic E-state index is 0.153. The highest BCUT2D eigenvalue weighted by molar-refractivity contribution is 7.89. The first-order valence-electron chi connectivity index (χ1n) is 6.12. The van der Waals surface area contributed by atoms with E-state index in [2.05, 4.69) is 16.6 Å². The van der Waals surface area contributed by atoms with E-state index in [-0.39, 0.29) is 10.8 Å². The summed E-state index contributed by atoms with van der Waals surface area (Å²) in [5.41, 5.74) is 0.356. The summed E-state index contributed by atoms with van der Waals surface area (Å²) in [6.45, 7) is 10.4. The Morgan fingerprint density at radius 3 is 2.05 bits per heavy atom. The van der Waals surface area contributed by atoms with Crippen molar-refractivity contribution in [3.63, 3.8) is 0 Å². The summed E-state index contributed by atoms with van der Waals surface area (Å²) in [5, 5.41) is 2.61. The Balaban J connectivity index is 2.92. The Kier molecular flexibility index (Phi) is 4.73. The van der Waals surface area contributed by atoms with E-state index in [4.69, 9.17) is 0 Å². The molecule has 0 radical (unpaired) electrons. The van der Waals surface area contributed by atoms with Crippen LogP contribution in [0.25, 0.3) is 0 Å². The van der Waals surface area contributed by atoms with Crippen molar-refractivity contribution in [1.29, 1.82) is 0 Å². The lowest BCUT2D eigenvalue weighted by molar-refractivity contribution is -0.112. The molecular formula is C14H20N2O3S. The van der Waals surface area contributed by atoms with Crippen LogP contribution < -0.4 is 10.0 Å². The summed E-state index contributed by atoms with van der Waals surface area (Å²) in [6.07, 6.45) is 0. The fourth-order valence-electron chi connectivity index (χ4n) is 1.42. The van der Waals surface area contributed by atoms with Crippen LogP contribution >= 0.6 is 0 Å². The molecule has 0 aliphatic carbocycles. The van der Waals surface area contributed by atoms with Gasteiger partial charge in [0.2, 0.25) is 10.0 Å². The molecule has 0 saturated carbocycles. The largest absolute Gasteiger partial charge is 0.322 e. The summed E-state index contributed by atoms with van der Waals surface area (Å²) in [4.78, 5) is 11.6. The predicted molar refractivity (Wildman–Crippen MR) is 80.0 cm³/mol. The SMILES string of the molecule is C=C(C)C(=O)Nc1ccc(S(=O)(=O)NC(C)(C)C)cc1. The number of benzene rings is 1. The van der Waals surface area contributed by atoms with E-state index >= 15 is 0 Å². The maximum atomic E-state index is 12.1. The Bertz CT molecular complexity index is 611. The molecule has 0 saturated heterocycles. The zero-order chi connectivity index (χ0) is 15.6. The fourth-order valence-corrected chi connectivity index (χ4v) is 2.84. The lowest BCUT2D eigenvalue weighted by Gasteiger charge is -2.20. The fraction of sp³-hybridized carbons (Fsp3) is 0.357. The van der Waals surface area contributed by atoms with E-state index in [0.29, 0.717) is 11.3 Å². The highest BCUT2D eigenvalue weighted by Gasteiger charge is 2.21. The van der Waals surface area contributed by atoms with Crippen molar-refractivity contribution in [3.05, 3.63) is 36.4 Å². The minimum Gasteiger partial charge on any atom is -0.322 e. The van der Waals surface area contributed by atoms with Gasteiger partial charge in [-0.3, -0.25) is 4.79 Å². The van der Waals surface area contributed by atoms with Crippen LogP contribution in [0.1, 0.15) is 27.7 Å². The average Bonchev–Trinajstić information content (AvgIpc) is 2.26. The molecule has 0 unspecified atom stereocenters. The molecule has 110 valence electrons. The average molecular weight is 296 g/mol. The third-order valence-electron chi connectivity index (χ3n) is 2.25. The number of hydrogen-bond acceptors (Lipinski definition) is 3. The van der Waals surface area contributed by atoms with Gasteiger partial charge in [0.25, 0.3) is 5.91 Å². The molecule has 1 rings (SSSR count). The first-order valence-corrected chi connectivity index (χ1v) is 7.60. The van der Waals surface area contributed by atoms with Gasteiger partial charge in [0.1, 0.15) is 0 Å². The van der Waals surface area contributed by atoms with Crippen molar-refractivity contribution in [2.75, 3.05) is 5.32 Å². The maximum Gasteiger partial charge on any atom is 0.250 e. The molecule has 0 aliphatic rings. The number of carbonyl (C=O) groups is 1. The van der Waals surface area contributed by atoms with Gasteiger partial charge in [-0.15, -0.1) is 0 Å². The molecule has 0 atom stereocenters. The number of nitrogens with one attached hydrogen (secondary N) is 2. The van der Waals surface area contributed by atoms with Crippen LogP contribution in [0.3, 0.4) is 0 Å². The lowest BCUT2D eigenvalue weighted by atomic mass is 10.1. The molecule has 6 heteroatoms. The number of anilines is 1. The Labute approximate surface area is 120 Å². The topological polar surface area (TPSA) is 75.3 Å². The minimum atomic E-state index is -3.56. The Morgan fingerprint density at radius 2 is 1.65 bits per heavy atom. The normalized spacial score (nSPS) is 12.0. The van der Waals surface area contributed by atoms with Crippen LogP contribution in [-0.4, -0.2) is 19.9 Å². The van der Waals surface area contributed by atoms with Gasteiger partial charge in [-0.05, 0) is 52.0 Å². The van der Waals surface area contributed by atoms with Crippen molar-refractivity contribution in [1.82, 2.24) is 4.72 Å². The first-order chi connectivity index (χ1) is 9.01. The highest BCUT2D eigenvalue weighted by atomic mass is 32.2. The number of rotatable bonds is 4. The molecule has 0 aromatic heterocycles. The third-order valence-corrected chi connectivity index (χ3v) is 4.02. The van der Waals surface area contributed by atoms with Gasteiger partial charge in [-0.1, -0.05) is 6.58 Å². The lowest BCUT2D eigenvalue weighted by Crippen LogP contribution is -2.40. The summed E-state index contributed by atoms with van der Waals surface area (Å²) >= 11 is 0.